The molecular formula is C21H16ClFN2O2S2. The molecule has 2 aromatic heterocycles. The van der Waals surface area contributed by atoms with Crippen molar-refractivity contribution in [1.29, 1.82) is 0 Å². The average Bonchev–Trinajstić information content (AvgIpc) is 3.44. The van der Waals surface area contributed by atoms with Gasteiger partial charge in [-0.2, -0.15) is 0 Å². The molecule has 1 atom stereocenters. The van der Waals surface area contributed by atoms with Gasteiger partial charge in [-0.25, -0.2) is 9.37 Å². The molecule has 1 aliphatic heterocycles. The van der Waals surface area contributed by atoms with Crippen LogP contribution in [-0.4, -0.2) is 30.1 Å². The fraction of sp³-hybridized carbons (Fsp3) is 0.238. The number of hydrogen-bond acceptors (Lipinski definition) is 5. The minimum atomic E-state index is -0.322. The molecule has 0 N–H and O–H groups in total. The van der Waals surface area contributed by atoms with E-state index in [0.717, 1.165) is 22.9 Å². The number of thiophene rings is 1. The highest BCUT2D eigenvalue weighted by Crippen LogP contribution is 2.38. The Morgan fingerprint density at radius 3 is 2.90 bits per heavy atom. The fourth-order valence-corrected chi connectivity index (χ4v) is 5.97. The van der Waals surface area contributed by atoms with Gasteiger partial charge < -0.3 is 4.74 Å². The summed E-state index contributed by atoms with van der Waals surface area (Å²) in [6.45, 7) is 1.09. The molecule has 1 aliphatic rings. The molecule has 148 valence electrons. The second kappa shape index (κ2) is 7.65. The maximum absolute atomic E-state index is 13.6. The highest BCUT2D eigenvalue weighted by molar-refractivity contribution is 7.23. The quantitative estimate of drug-likeness (QED) is 0.378. The predicted molar refractivity (Wildman–Crippen MR) is 117 cm³/mol. The first-order chi connectivity index (χ1) is 14.1. The molecule has 29 heavy (non-hydrogen) atoms. The summed E-state index contributed by atoms with van der Waals surface area (Å²) < 4.78 is 21.1. The first-order valence-corrected chi connectivity index (χ1v) is 11.3. The molecule has 8 heteroatoms. The van der Waals surface area contributed by atoms with E-state index in [0.29, 0.717) is 38.4 Å². The molecule has 4 nitrogen and oxygen atoms in total. The predicted octanol–water partition coefficient (Wildman–Crippen LogP) is 6.13. The van der Waals surface area contributed by atoms with Crippen LogP contribution in [-0.2, 0) is 4.74 Å². The van der Waals surface area contributed by atoms with Crippen molar-refractivity contribution in [3.05, 3.63) is 58.2 Å². The number of halogens is 2. The number of fused-ring (bicyclic) bond motifs is 2. The minimum absolute atomic E-state index is 0.0455. The normalized spacial score (nSPS) is 16.7. The number of anilines is 1. The van der Waals surface area contributed by atoms with Crippen LogP contribution in [0.5, 0.6) is 0 Å². The van der Waals surface area contributed by atoms with Crippen molar-refractivity contribution in [2.24, 2.45) is 0 Å². The number of thiazole rings is 1. The van der Waals surface area contributed by atoms with Crippen molar-refractivity contribution in [3.63, 3.8) is 0 Å². The summed E-state index contributed by atoms with van der Waals surface area (Å²) in [6.07, 6.45) is 1.82. The Hall–Kier alpha value is -2.06. The van der Waals surface area contributed by atoms with Crippen molar-refractivity contribution in [2.45, 2.75) is 18.9 Å². The van der Waals surface area contributed by atoms with E-state index in [4.69, 9.17) is 16.3 Å². The summed E-state index contributed by atoms with van der Waals surface area (Å²) >= 11 is 9.24. The smallest absolute Gasteiger partial charge is 0.271 e. The van der Waals surface area contributed by atoms with Crippen LogP contribution in [0.4, 0.5) is 9.52 Å². The van der Waals surface area contributed by atoms with Gasteiger partial charge in [-0.3, -0.25) is 9.69 Å². The van der Waals surface area contributed by atoms with Gasteiger partial charge in [0.25, 0.3) is 5.91 Å². The van der Waals surface area contributed by atoms with E-state index in [1.165, 1.54) is 34.8 Å². The lowest BCUT2D eigenvalue weighted by molar-refractivity contribution is 0.0921. The lowest BCUT2D eigenvalue weighted by Crippen LogP contribution is -2.37. The summed E-state index contributed by atoms with van der Waals surface area (Å²) in [6, 6.07) is 12.1. The van der Waals surface area contributed by atoms with E-state index in [1.807, 2.05) is 24.3 Å². The summed E-state index contributed by atoms with van der Waals surface area (Å²) in [7, 11) is 0. The van der Waals surface area contributed by atoms with E-state index >= 15 is 0 Å². The molecule has 3 heterocycles. The molecule has 0 spiro atoms. The molecule has 1 fully saturated rings. The van der Waals surface area contributed by atoms with Crippen LogP contribution < -0.4 is 4.90 Å². The van der Waals surface area contributed by atoms with Crippen LogP contribution in [0.3, 0.4) is 0 Å². The van der Waals surface area contributed by atoms with Gasteiger partial charge in [0.2, 0.25) is 0 Å². The van der Waals surface area contributed by atoms with Crippen molar-refractivity contribution >= 4 is 65.6 Å². The van der Waals surface area contributed by atoms with Gasteiger partial charge in [-0.1, -0.05) is 41.1 Å². The summed E-state index contributed by atoms with van der Waals surface area (Å²) in [4.78, 5) is 20.3. The maximum atomic E-state index is 13.6. The van der Waals surface area contributed by atoms with Crippen molar-refractivity contribution in [3.8, 4) is 0 Å². The minimum Gasteiger partial charge on any atom is -0.376 e. The number of carbonyl (C=O) groups is 1. The fourth-order valence-electron chi connectivity index (χ4n) is 3.52. The van der Waals surface area contributed by atoms with E-state index < -0.39 is 0 Å². The highest BCUT2D eigenvalue weighted by Gasteiger charge is 2.29. The van der Waals surface area contributed by atoms with Crippen LogP contribution in [0.15, 0.2) is 42.5 Å². The van der Waals surface area contributed by atoms with Gasteiger partial charge in [-0.05, 0) is 37.1 Å². The second-order valence-corrected chi connectivity index (χ2v) is 9.34. The zero-order valence-corrected chi connectivity index (χ0v) is 17.6. The third kappa shape index (κ3) is 3.53. The molecule has 0 radical (unpaired) electrons. The molecule has 1 unspecified atom stereocenters. The number of carbonyl (C=O) groups excluding carboxylic acids is 1. The van der Waals surface area contributed by atoms with E-state index in [9.17, 15) is 9.18 Å². The number of hydrogen-bond donors (Lipinski definition) is 0. The lowest BCUT2D eigenvalue weighted by Gasteiger charge is -2.22. The van der Waals surface area contributed by atoms with Crippen LogP contribution >= 0.6 is 34.3 Å². The molecule has 0 aliphatic carbocycles. The first kappa shape index (κ1) is 18.9. The van der Waals surface area contributed by atoms with Gasteiger partial charge in [0.1, 0.15) is 10.7 Å². The Balaban J connectivity index is 1.58. The van der Waals surface area contributed by atoms with Crippen LogP contribution in [0.1, 0.15) is 22.5 Å². The standard InChI is InChI=1S/C21H16ClFN2O2S2/c22-18-14-5-1-2-6-16(14)28-19(18)20(26)25(11-13-4-3-9-27-13)21-24-15-8-7-12(23)10-17(15)29-21/h1-2,5-8,10,13H,3-4,9,11H2. The Kier molecular flexibility index (Phi) is 4.99. The number of rotatable bonds is 4. The number of amides is 1. The molecule has 1 saturated heterocycles. The van der Waals surface area contributed by atoms with Crippen LogP contribution in [0, 0.1) is 5.82 Å². The van der Waals surface area contributed by atoms with E-state index in [2.05, 4.69) is 4.98 Å². The van der Waals surface area contributed by atoms with Gasteiger partial charge in [0, 0.05) is 16.7 Å². The Morgan fingerprint density at radius 2 is 2.10 bits per heavy atom. The zero-order chi connectivity index (χ0) is 20.0. The van der Waals surface area contributed by atoms with Gasteiger partial charge in [0.05, 0.1) is 27.9 Å². The molecule has 0 saturated carbocycles. The second-order valence-electron chi connectivity index (χ2n) is 6.90. The topological polar surface area (TPSA) is 42.4 Å². The Bertz CT molecular complexity index is 1220. The zero-order valence-electron chi connectivity index (χ0n) is 15.2. The molecule has 2 aromatic carbocycles. The third-order valence-corrected chi connectivity index (χ3v) is 7.66. The van der Waals surface area contributed by atoms with E-state index in [1.54, 1.807) is 11.0 Å². The van der Waals surface area contributed by atoms with Crippen LogP contribution in [0.2, 0.25) is 5.02 Å². The Morgan fingerprint density at radius 1 is 1.24 bits per heavy atom. The third-order valence-electron chi connectivity index (χ3n) is 4.95. The lowest BCUT2D eigenvalue weighted by atomic mass is 10.2. The number of benzene rings is 2. The average molecular weight is 447 g/mol. The van der Waals surface area contributed by atoms with E-state index in [-0.39, 0.29) is 17.8 Å². The monoisotopic (exact) mass is 446 g/mol. The number of aromatic nitrogens is 1. The maximum Gasteiger partial charge on any atom is 0.271 e. The first-order valence-electron chi connectivity index (χ1n) is 9.27. The van der Waals surface area contributed by atoms with Gasteiger partial charge >= 0.3 is 0 Å². The molecule has 0 bridgehead atoms. The molecule has 1 amide bonds. The number of nitrogens with zero attached hydrogens (tertiary/aromatic N) is 2. The molecule has 5 rings (SSSR count). The summed E-state index contributed by atoms with van der Waals surface area (Å²) in [5.41, 5.74) is 0.666. The Labute approximate surface area is 179 Å². The SMILES string of the molecule is O=C(c1sc2ccccc2c1Cl)N(CC1CCCO1)c1nc2ccc(F)cc2s1. The van der Waals surface area contributed by atoms with Crippen LogP contribution in [0.25, 0.3) is 20.3 Å². The van der Waals surface area contributed by atoms with Crippen molar-refractivity contribution in [2.75, 3.05) is 18.1 Å². The summed E-state index contributed by atoms with van der Waals surface area (Å²) in [5, 5.41) is 1.85. The van der Waals surface area contributed by atoms with Gasteiger partial charge in [-0.15, -0.1) is 11.3 Å². The summed E-state index contributed by atoms with van der Waals surface area (Å²) in [5.74, 6) is -0.525. The molecular weight excluding hydrogens is 431 g/mol. The molecule has 4 aromatic rings. The number of ether oxygens (including phenoxy) is 1. The van der Waals surface area contributed by atoms with Crippen molar-refractivity contribution < 1.29 is 13.9 Å². The highest BCUT2D eigenvalue weighted by atomic mass is 35.5. The largest absolute Gasteiger partial charge is 0.376 e. The van der Waals surface area contributed by atoms with Gasteiger partial charge in [0.15, 0.2) is 5.13 Å². The van der Waals surface area contributed by atoms with Crippen molar-refractivity contribution in [1.82, 2.24) is 4.98 Å².